The molecule has 6 heteroatoms. The number of anilines is 1. The lowest BCUT2D eigenvalue weighted by Gasteiger charge is -2.29. The Morgan fingerprint density at radius 3 is 2.63 bits per heavy atom. The molecule has 6 nitrogen and oxygen atoms in total. The van der Waals surface area contributed by atoms with E-state index in [9.17, 15) is 9.90 Å². The second-order valence-corrected chi connectivity index (χ2v) is 5.37. The number of aromatic nitrogens is 2. The Hall–Kier alpha value is -1.56. The third-order valence-electron chi connectivity index (χ3n) is 3.83. The second-order valence-electron chi connectivity index (χ2n) is 5.37. The van der Waals surface area contributed by atoms with E-state index in [1.807, 2.05) is 0 Å². The monoisotopic (exact) mass is 266 g/mol. The summed E-state index contributed by atoms with van der Waals surface area (Å²) in [5.74, 6) is 0.299. The van der Waals surface area contributed by atoms with Crippen LogP contribution in [0.4, 0.5) is 5.82 Å². The van der Waals surface area contributed by atoms with E-state index in [0.29, 0.717) is 17.4 Å². The van der Waals surface area contributed by atoms with E-state index < -0.39 is 5.97 Å². The number of aryl methyl sites for hydroxylation is 2. The molecule has 19 heavy (non-hydrogen) atoms. The molecule has 1 aliphatic heterocycles. The summed E-state index contributed by atoms with van der Waals surface area (Å²) in [6.45, 7) is 4.77. The average Bonchev–Trinajstić information content (AvgIpc) is 2.63. The maximum Gasteiger partial charge on any atom is 0.341 e. The molecule has 2 rings (SSSR count). The summed E-state index contributed by atoms with van der Waals surface area (Å²) in [4.78, 5) is 13.6. The van der Waals surface area contributed by atoms with Crippen molar-refractivity contribution < 1.29 is 9.90 Å². The summed E-state index contributed by atoms with van der Waals surface area (Å²) in [6.07, 6.45) is 2.31. The molecule has 0 radical (unpaired) electrons. The molecule has 0 aliphatic carbocycles. The van der Waals surface area contributed by atoms with Crippen LogP contribution >= 0.6 is 0 Å². The van der Waals surface area contributed by atoms with Crippen LogP contribution in [-0.2, 0) is 7.05 Å². The highest BCUT2D eigenvalue weighted by molar-refractivity contribution is 5.94. The fourth-order valence-electron chi connectivity index (χ4n) is 2.62. The zero-order valence-electron chi connectivity index (χ0n) is 11.8. The van der Waals surface area contributed by atoms with Crippen molar-refractivity contribution in [3.63, 3.8) is 0 Å². The van der Waals surface area contributed by atoms with E-state index in [4.69, 9.17) is 0 Å². The first-order valence-electron chi connectivity index (χ1n) is 6.68. The summed E-state index contributed by atoms with van der Waals surface area (Å²) < 4.78 is 1.62. The summed E-state index contributed by atoms with van der Waals surface area (Å²) >= 11 is 0. The first-order chi connectivity index (χ1) is 8.99. The molecule has 1 saturated heterocycles. The summed E-state index contributed by atoms with van der Waals surface area (Å²) in [5, 5.41) is 16.7. The molecule has 0 aromatic carbocycles. The molecule has 2 N–H and O–H groups in total. The van der Waals surface area contributed by atoms with Gasteiger partial charge in [-0.05, 0) is 45.8 Å². The van der Waals surface area contributed by atoms with Crippen LogP contribution in [0.1, 0.15) is 28.9 Å². The number of piperidine rings is 1. The maximum absolute atomic E-state index is 11.3. The molecule has 0 bridgehead atoms. The van der Waals surface area contributed by atoms with Crippen molar-refractivity contribution in [2.45, 2.75) is 19.8 Å². The fourth-order valence-corrected chi connectivity index (χ4v) is 2.62. The molecular weight excluding hydrogens is 244 g/mol. The van der Waals surface area contributed by atoms with E-state index in [0.717, 1.165) is 32.5 Å². The van der Waals surface area contributed by atoms with E-state index >= 15 is 0 Å². The van der Waals surface area contributed by atoms with Crippen molar-refractivity contribution in [1.82, 2.24) is 14.7 Å². The zero-order chi connectivity index (χ0) is 14.0. The van der Waals surface area contributed by atoms with Crippen LogP contribution in [0, 0.1) is 12.8 Å². The lowest BCUT2D eigenvalue weighted by Crippen LogP contribution is -2.33. The highest BCUT2D eigenvalue weighted by Gasteiger charge is 2.21. The minimum atomic E-state index is -0.920. The van der Waals surface area contributed by atoms with Gasteiger partial charge in [-0.3, -0.25) is 4.68 Å². The molecule has 0 saturated carbocycles. The number of hydrogen-bond donors (Lipinski definition) is 2. The molecular formula is C13H22N4O2. The smallest absolute Gasteiger partial charge is 0.341 e. The van der Waals surface area contributed by atoms with Crippen LogP contribution in [-0.4, -0.2) is 52.4 Å². The Morgan fingerprint density at radius 1 is 1.42 bits per heavy atom. The lowest BCUT2D eigenvalue weighted by atomic mass is 9.97. The van der Waals surface area contributed by atoms with E-state index in [-0.39, 0.29) is 5.56 Å². The van der Waals surface area contributed by atoms with Gasteiger partial charge in [-0.15, -0.1) is 0 Å². The van der Waals surface area contributed by atoms with Crippen LogP contribution in [0.15, 0.2) is 0 Å². The molecule has 0 spiro atoms. The Morgan fingerprint density at radius 2 is 2.05 bits per heavy atom. The van der Waals surface area contributed by atoms with Crippen LogP contribution in [0.2, 0.25) is 0 Å². The lowest BCUT2D eigenvalue weighted by molar-refractivity contribution is 0.0697. The molecule has 1 aromatic rings. The highest BCUT2D eigenvalue weighted by Crippen LogP contribution is 2.21. The van der Waals surface area contributed by atoms with Crippen molar-refractivity contribution in [2.24, 2.45) is 13.0 Å². The van der Waals surface area contributed by atoms with Gasteiger partial charge in [0, 0.05) is 13.6 Å². The average molecular weight is 266 g/mol. The fraction of sp³-hybridized carbons (Fsp3) is 0.692. The molecule has 0 atom stereocenters. The highest BCUT2D eigenvalue weighted by atomic mass is 16.4. The Balaban J connectivity index is 2.01. The summed E-state index contributed by atoms with van der Waals surface area (Å²) in [7, 11) is 3.91. The number of aromatic carboxylic acids is 1. The maximum atomic E-state index is 11.3. The first-order valence-corrected chi connectivity index (χ1v) is 6.68. The first kappa shape index (κ1) is 13.9. The van der Waals surface area contributed by atoms with Gasteiger partial charge in [-0.1, -0.05) is 0 Å². The third kappa shape index (κ3) is 3.07. The van der Waals surface area contributed by atoms with Crippen molar-refractivity contribution in [1.29, 1.82) is 0 Å². The predicted molar refractivity (Wildman–Crippen MR) is 73.6 cm³/mol. The van der Waals surface area contributed by atoms with Crippen LogP contribution in [0.25, 0.3) is 0 Å². The number of carboxylic acid groups (broad SMARTS) is 1. The van der Waals surface area contributed by atoms with Gasteiger partial charge in [-0.25, -0.2) is 4.79 Å². The van der Waals surface area contributed by atoms with Crippen LogP contribution in [0.3, 0.4) is 0 Å². The standard InChI is InChI=1S/C13H22N4O2/c1-9-11(13(18)19)12(17(3)15-9)14-8-10-4-6-16(2)7-5-10/h10,14H,4-8H2,1-3H3,(H,18,19). The second kappa shape index (κ2) is 5.61. The van der Waals surface area contributed by atoms with Crippen molar-refractivity contribution in [2.75, 3.05) is 32.0 Å². The minimum Gasteiger partial charge on any atom is -0.477 e. The molecule has 1 aliphatic rings. The molecule has 1 fully saturated rings. The Kier molecular flexibility index (Phi) is 4.09. The quantitative estimate of drug-likeness (QED) is 0.856. The Labute approximate surface area is 113 Å². The molecule has 106 valence electrons. The number of carboxylic acids is 1. The molecule has 2 heterocycles. The summed E-state index contributed by atoms with van der Waals surface area (Å²) in [6, 6.07) is 0. The van der Waals surface area contributed by atoms with Gasteiger partial charge in [0.1, 0.15) is 11.4 Å². The number of nitrogens with zero attached hydrogens (tertiary/aromatic N) is 3. The number of rotatable bonds is 4. The number of carbonyl (C=O) groups is 1. The largest absolute Gasteiger partial charge is 0.477 e. The van der Waals surface area contributed by atoms with Gasteiger partial charge in [0.15, 0.2) is 0 Å². The van der Waals surface area contributed by atoms with Gasteiger partial charge in [0.05, 0.1) is 5.69 Å². The number of hydrogen-bond acceptors (Lipinski definition) is 4. The van der Waals surface area contributed by atoms with Crippen molar-refractivity contribution in [3.05, 3.63) is 11.3 Å². The SMILES string of the molecule is Cc1nn(C)c(NCC2CCN(C)CC2)c1C(=O)O. The van der Waals surface area contributed by atoms with Crippen molar-refractivity contribution in [3.8, 4) is 0 Å². The normalized spacial score (nSPS) is 17.6. The van der Waals surface area contributed by atoms with E-state index in [1.54, 1.807) is 18.7 Å². The van der Waals surface area contributed by atoms with Gasteiger partial charge in [0.2, 0.25) is 0 Å². The number of likely N-dealkylation sites (tertiary alicyclic amines) is 1. The van der Waals surface area contributed by atoms with Gasteiger partial charge >= 0.3 is 5.97 Å². The molecule has 0 amide bonds. The Bertz CT molecular complexity index is 461. The van der Waals surface area contributed by atoms with Crippen LogP contribution in [0.5, 0.6) is 0 Å². The zero-order valence-corrected chi connectivity index (χ0v) is 11.8. The van der Waals surface area contributed by atoms with E-state index in [1.165, 1.54) is 0 Å². The third-order valence-corrected chi connectivity index (χ3v) is 3.83. The molecule has 1 aromatic heterocycles. The predicted octanol–water partition coefficient (Wildman–Crippen LogP) is 1.18. The topological polar surface area (TPSA) is 70.4 Å². The minimum absolute atomic E-state index is 0.287. The van der Waals surface area contributed by atoms with Gasteiger partial charge in [0.25, 0.3) is 0 Å². The summed E-state index contributed by atoms with van der Waals surface area (Å²) in [5.41, 5.74) is 0.844. The van der Waals surface area contributed by atoms with E-state index in [2.05, 4.69) is 22.4 Å². The molecule has 0 unspecified atom stereocenters. The van der Waals surface area contributed by atoms with Crippen molar-refractivity contribution >= 4 is 11.8 Å². The van der Waals surface area contributed by atoms with Gasteiger partial charge in [-0.2, -0.15) is 5.10 Å². The number of nitrogens with one attached hydrogen (secondary N) is 1. The van der Waals surface area contributed by atoms with Gasteiger partial charge < -0.3 is 15.3 Å². The van der Waals surface area contributed by atoms with Crippen LogP contribution < -0.4 is 5.32 Å².